The molecule has 0 aromatic heterocycles. The Morgan fingerprint density at radius 2 is 0.968 bits per heavy atom. The van der Waals surface area contributed by atoms with Crippen molar-refractivity contribution < 1.29 is 107 Å². The van der Waals surface area contributed by atoms with Crippen LogP contribution in [0.3, 0.4) is 0 Å². The van der Waals surface area contributed by atoms with E-state index in [2.05, 4.69) is 36.7 Å². The number of nitrogens with zero attached hydrogens (tertiary/aromatic N) is 2. The van der Waals surface area contributed by atoms with Crippen LogP contribution in [0.5, 0.6) is 23.0 Å². The zero-order valence-electron chi connectivity index (χ0n) is 54.3. The van der Waals surface area contributed by atoms with E-state index in [9.17, 15) is 10.4 Å². The Morgan fingerprint density at radius 3 is 1.33 bits per heavy atom. The summed E-state index contributed by atoms with van der Waals surface area (Å²) in [6.45, 7) is 9.60. The Bertz CT molecular complexity index is 3180. The Hall–Kier alpha value is -4.90. The zero-order chi connectivity index (χ0) is 64.9. The molecule has 6 aliphatic rings. The van der Waals surface area contributed by atoms with Gasteiger partial charge in [-0.3, -0.25) is 4.67 Å². The van der Waals surface area contributed by atoms with E-state index in [4.69, 9.17) is 86.5 Å². The van der Waals surface area contributed by atoms with E-state index in [0.29, 0.717) is 25.8 Å². The topological polar surface area (TPSA) is 186 Å². The number of hydrogen-bond donors (Lipinski definition) is 1. The third-order valence-corrected chi connectivity index (χ3v) is 20.0. The minimum atomic E-state index is -1.09. The predicted molar refractivity (Wildman–Crippen MR) is 348 cm³/mol. The number of aliphatic hydroxyl groups excluding tert-OH is 1. The smallest absolute Gasteiger partial charge is 0.143 e. The van der Waals surface area contributed by atoms with Crippen LogP contribution in [0.2, 0.25) is 0 Å². The van der Waals surface area contributed by atoms with Gasteiger partial charge < -0.3 is 75.9 Å². The number of fused-ring (bicyclic) bond motifs is 6. The molecule has 490 valence electrons. The standard InChI is InChI=1S/C36H44BN2O6P.C27H27BO6.C8H13O4.U/c1-5-22-39(23-6-2)46(24-10-21-38)45-33-32-34(37)44-35(33,25-42-32)26-43-36(27-11-8-7-9-12-27,28-13-17-30(40-3)18-14-28)29-15-19-31(41-4)20-16-29;1-30-21-12-8-19(9-13-21)27(18-6-4-3-5-7-18,20-10-14-22(31-2)15-11-20)33-17-26-16-32-23(24(26)29)25(28)34-26;1-9-4-8-5-11-6(3-12-8)7(8)10-2;/h7-9,11-20,32-34H,5-6,10,22-26H2,1-4H3;3-15,23-25,29H,16-17H2,1-2H3;3,6-7H,4-5H2,1-2H3;/q;;-1;/t32?,33-,34-,35-,46?;23?,24-,25-,26-;6?,7-,8+;/m111./s1. The molecule has 93 heavy (non-hydrogen) atoms. The van der Waals surface area contributed by atoms with Crippen LogP contribution in [-0.2, 0) is 63.1 Å². The van der Waals surface area contributed by atoms with Crippen molar-refractivity contribution in [2.75, 3.05) is 102 Å². The third kappa shape index (κ3) is 15.0. The molecule has 4 unspecified atom stereocenters. The van der Waals surface area contributed by atoms with Crippen molar-refractivity contribution in [2.45, 2.75) is 110 Å². The molecule has 6 heterocycles. The van der Waals surface area contributed by atoms with Crippen LogP contribution in [0, 0.1) is 49.1 Å². The number of nitriles is 1. The molecule has 6 aromatic carbocycles. The molecule has 22 heteroatoms. The Kier molecular flexibility index (Phi) is 25.6. The summed E-state index contributed by atoms with van der Waals surface area (Å²) in [7, 11) is 21.4. The third-order valence-electron chi connectivity index (χ3n) is 17.9. The molecular formula is C71H84B2N2O16PU-. The summed E-state index contributed by atoms with van der Waals surface area (Å²) in [6, 6.07) is 52.6. The summed E-state index contributed by atoms with van der Waals surface area (Å²) < 4.78 is 91.0. The normalized spacial score (nSPS) is 26.7. The van der Waals surface area contributed by atoms with Gasteiger partial charge in [-0.1, -0.05) is 123 Å². The minimum Gasteiger partial charge on any atom is -0.540 e. The maximum absolute atomic E-state index is 10.9. The summed E-state index contributed by atoms with van der Waals surface area (Å²) >= 11 is 0. The number of rotatable bonds is 28. The Labute approximate surface area is 575 Å². The molecule has 6 bridgehead atoms. The van der Waals surface area contributed by atoms with Crippen molar-refractivity contribution in [2.24, 2.45) is 0 Å². The molecular weight excluding hydrogens is 1430 g/mol. The first kappa shape index (κ1) is 72.4. The van der Waals surface area contributed by atoms with Crippen molar-refractivity contribution in [1.82, 2.24) is 4.67 Å². The van der Waals surface area contributed by atoms with Crippen molar-refractivity contribution in [3.63, 3.8) is 0 Å². The van der Waals surface area contributed by atoms with E-state index in [1.165, 1.54) is 0 Å². The van der Waals surface area contributed by atoms with E-state index >= 15 is 0 Å². The molecule has 6 aliphatic heterocycles. The quantitative estimate of drug-likeness (QED) is 0.0212. The van der Waals surface area contributed by atoms with Crippen molar-refractivity contribution in [3.8, 4) is 29.1 Å². The van der Waals surface area contributed by atoms with Gasteiger partial charge in [0.1, 0.15) is 99.4 Å². The summed E-state index contributed by atoms with van der Waals surface area (Å²) in [4.78, 5) is 0. The second kappa shape index (κ2) is 32.9. The maximum Gasteiger partial charge on any atom is 0.143 e. The van der Waals surface area contributed by atoms with Gasteiger partial charge in [-0.2, -0.15) is 11.9 Å². The van der Waals surface area contributed by atoms with Crippen molar-refractivity contribution in [3.05, 3.63) is 198 Å². The fourth-order valence-corrected chi connectivity index (χ4v) is 15.4. The molecule has 6 saturated heterocycles. The first-order valence-corrected chi connectivity index (χ1v) is 32.6. The van der Waals surface area contributed by atoms with Crippen molar-refractivity contribution in [1.29, 1.82) is 5.26 Å². The number of benzene rings is 6. The Balaban J connectivity index is 0.000000189. The van der Waals surface area contributed by atoms with Crippen LogP contribution in [-0.4, -0.2) is 192 Å². The molecule has 0 amide bonds. The number of ether oxygens (including phenoxy) is 14. The first-order valence-electron chi connectivity index (χ1n) is 31.2. The molecule has 18 nitrogen and oxygen atoms in total. The van der Waals surface area contributed by atoms with E-state index in [-0.39, 0.29) is 69.7 Å². The molecule has 0 spiro atoms. The molecule has 1 N–H and O–H groups in total. The van der Waals surface area contributed by atoms with Gasteiger partial charge in [-0.05, 0) is 101 Å². The van der Waals surface area contributed by atoms with Gasteiger partial charge in [0.05, 0.1) is 80.3 Å². The molecule has 6 aromatic rings. The number of aliphatic hydroxyl groups is 1. The predicted octanol–water partition coefficient (Wildman–Crippen LogP) is 9.42. The zero-order valence-corrected chi connectivity index (χ0v) is 59.3. The Morgan fingerprint density at radius 1 is 0.559 bits per heavy atom. The van der Waals surface area contributed by atoms with Crippen LogP contribution in [0.15, 0.2) is 158 Å². The number of methoxy groups -OCH3 is 6. The fourth-order valence-electron chi connectivity index (χ4n) is 13.2. The van der Waals surface area contributed by atoms with Gasteiger partial charge in [0.15, 0.2) is 0 Å². The maximum atomic E-state index is 10.9. The average molecular weight is 1510 g/mol. The van der Waals surface area contributed by atoms with E-state index in [1.807, 2.05) is 146 Å². The molecule has 6 fully saturated rings. The first-order chi connectivity index (χ1) is 44.8. The second-order valence-electron chi connectivity index (χ2n) is 23.5. The second-order valence-corrected chi connectivity index (χ2v) is 25.5. The van der Waals surface area contributed by atoms with Crippen LogP contribution >= 0.6 is 8.30 Å². The summed E-state index contributed by atoms with van der Waals surface area (Å²) in [6.07, 6.45) is 0.683. The van der Waals surface area contributed by atoms with Crippen LogP contribution in [0.1, 0.15) is 66.5 Å². The molecule has 0 aliphatic carbocycles. The van der Waals surface area contributed by atoms with Gasteiger partial charge in [0.2, 0.25) is 0 Å². The summed E-state index contributed by atoms with van der Waals surface area (Å²) in [5, 5.41) is 20.3. The molecule has 12 atom stereocenters. The molecule has 0 saturated carbocycles. The van der Waals surface area contributed by atoms with Crippen LogP contribution in [0.4, 0.5) is 0 Å². The number of hydrogen-bond acceptors (Lipinski definition) is 18. The van der Waals surface area contributed by atoms with Crippen LogP contribution < -0.4 is 18.9 Å². The molecule has 12 rings (SSSR count). The van der Waals surface area contributed by atoms with Crippen LogP contribution in [0.25, 0.3) is 0 Å². The summed E-state index contributed by atoms with van der Waals surface area (Å²) in [5.74, 6) is 2.98. The van der Waals surface area contributed by atoms with E-state index in [1.54, 1.807) is 49.3 Å². The van der Waals surface area contributed by atoms with E-state index < -0.39 is 72.7 Å². The largest absolute Gasteiger partial charge is 0.540 e. The van der Waals surface area contributed by atoms with E-state index in [0.717, 1.165) is 82.3 Å². The van der Waals surface area contributed by atoms with Gasteiger partial charge in [0, 0.05) is 83.0 Å². The molecule has 4 radical (unpaired) electrons. The minimum absolute atomic E-state index is 0. The fraction of sp³-hybridized carbons (Fsp3) is 0.465. The van der Waals surface area contributed by atoms with Crippen molar-refractivity contribution >= 4 is 24.0 Å². The van der Waals surface area contributed by atoms with Gasteiger partial charge in [0.25, 0.3) is 0 Å². The average Bonchev–Trinajstić information content (AvgIpc) is 1.73. The van der Waals surface area contributed by atoms with Gasteiger partial charge in [-0.15, -0.1) is 0 Å². The monoisotopic (exact) mass is 1510 g/mol. The van der Waals surface area contributed by atoms with Gasteiger partial charge in [-0.25, -0.2) is 0 Å². The van der Waals surface area contributed by atoms with Gasteiger partial charge >= 0.3 is 0 Å². The summed E-state index contributed by atoms with van der Waals surface area (Å²) in [5.41, 5.74) is 1.09. The SMILES string of the molecule is COC[C@@]12COC([CH-]O1)[C@H]2OC.[B][C@@H]1O[C@@]2(COC(c3ccccc3)(c3ccc(OC)cc3)c3ccc(OC)cc3)COC1[C@H]2O.[B][C@@H]1O[C@@]2(COC(c3ccccc3)(c3ccc(OC)cc3)c3ccc(OC)cc3)COC1[C@H]2OP(CCC#N)N(CCC)CCC.[U].